The normalized spacial score (nSPS) is 17.1. The van der Waals surface area contributed by atoms with E-state index < -0.39 is 10.0 Å². The fourth-order valence-corrected chi connectivity index (χ4v) is 6.80. The maximum absolute atomic E-state index is 13.1. The number of nitrogens with zero attached hydrogens (tertiary/aromatic N) is 2. The van der Waals surface area contributed by atoms with Gasteiger partial charge in [0, 0.05) is 28.9 Å². The predicted octanol–water partition coefficient (Wildman–Crippen LogP) is 5.76. The fraction of sp³-hybridized carbons (Fsp3) is 0.280. The van der Waals surface area contributed by atoms with Crippen molar-refractivity contribution in [3.8, 4) is 11.5 Å². The van der Waals surface area contributed by atoms with E-state index in [1.807, 2.05) is 42.6 Å². The van der Waals surface area contributed by atoms with Crippen LogP contribution in [0.5, 0.6) is 0 Å². The zero-order valence-corrected chi connectivity index (χ0v) is 20.4. The smallest absolute Gasteiger partial charge is 0.257 e. The molecule has 2 aromatic carbocycles. The molecule has 3 heterocycles. The molecule has 0 radical (unpaired) electrons. The van der Waals surface area contributed by atoms with Gasteiger partial charge in [0.2, 0.25) is 10.0 Å². The van der Waals surface area contributed by atoms with Crippen molar-refractivity contribution in [1.82, 2.24) is 9.29 Å². The average Bonchev–Trinajstić information content (AvgIpc) is 3.51. The Labute approximate surface area is 202 Å². The van der Waals surface area contributed by atoms with E-state index in [1.54, 1.807) is 16.4 Å². The Hall–Kier alpha value is -3.01. The number of fused-ring (bicyclic) bond motifs is 1. The van der Waals surface area contributed by atoms with Crippen molar-refractivity contribution < 1.29 is 17.6 Å². The summed E-state index contributed by atoms with van der Waals surface area (Å²) in [6.07, 6.45) is 3.61. The van der Waals surface area contributed by atoms with Crippen molar-refractivity contribution in [1.29, 1.82) is 0 Å². The van der Waals surface area contributed by atoms with E-state index in [4.69, 9.17) is 4.42 Å². The molecule has 1 fully saturated rings. The summed E-state index contributed by atoms with van der Waals surface area (Å²) >= 11 is 1.30. The number of anilines is 1. The molecule has 1 amide bonds. The van der Waals surface area contributed by atoms with Gasteiger partial charge in [-0.25, -0.2) is 13.4 Å². The second-order valence-corrected chi connectivity index (χ2v) is 11.1. The number of carbonyl (C=O) groups excluding carboxylic acids is 1. The Morgan fingerprint density at radius 3 is 2.74 bits per heavy atom. The highest BCUT2D eigenvalue weighted by molar-refractivity contribution is 7.89. The summed E-state index contributed by atoms with van der Waals surface area (Å²) < 4.78 is 33.7. The molecule has 0 bridgehead atoms. The minimum Gasteiger partial charge on any atom is -0.454 e. The van der Waals surface area contributed by atoms with E-state index in [-0.39, 0.29) is 16.8 Å². The number of thiazole rings is 1. The molecule has 0 aliphatic carbocycles. The van der Waals surface area contributed by atoms with E-state index in [9.17, 15) is 13.2 Å². The lowest BCUT2D eigenvalue weighted by Gasteiger charge is -2.34. The Morgan fingerprint density at radius 1 is 1.18 bits per heavy atom. The molecule has 0 spiro atoms. The van der Waals surface area contributed by atoms with Crippen LogP contribution in [0.4, 0.5) is 5.13 Å². The molecule has 0 unspecified atom stereocenters. The fourth-order valence-electron chi connectivity index (χ4n) is 4.33. The van der Waals surface area contributed by atoms with Crippen LogP contribution in [0.25, 0.3) is 22.4 Å². The number of carbonyl (C=O) groups is 1. The van der Waals surface area contributed by atoms with Gasteiger partial charge in [-0.15, -0.1) is 11.3 Å². The van der Waals surface area contributed by atoms with Crippen LogP contribution in [-0.2, 0) is 10.0 Å². The van der Waals surface area contributed by atoms with Crippen molar-refractivity contribution in [3.05, 3.63) is 65.5 Å². The summed E-state index contributed by atoms with van der Waals surface area (Å²) in [6, 6.07) is 15.8. The van der Waals surface area contributed by atoms with Crippen molar-refractivity contribution >= 4 is 43.4 Å². The molecule has 176 valence electrons. The first kappa shape index (κ1) is 22.8. The molecule has 1 atom stereocenters. The van der Waals surface area contributed by atoms with Gasteiger partial charge in [0.05, 0.1) is 4.90 Å². The first-order valence-corrected chi connectivity index (χ1v) is 13.7. The maximum atomic E-state index is 13.1. The van der Waals surface area contributed by atoms with Gasteiger partial charge in [0.25, 0.3) is 5.91 Å². The number of hydrogen-bond acceptors (Lipinski definition) is 6. The first-order valence-electron chi connectivity index (χ1n) is 11.3. The summed E-state index contributed by atoms with van der Waals surface area (Å²) in [6.45, 7) is 2.56. The van der Waals surface area contributed by atoms with Crippen LogP contribution in [-0.4, -0.2) is 36.2 Å². The van der Waals surface area contributed by atoms with Gasteiger partial charge in [0.1, 0.15) is 11.3 Å². The molecular weight excluding hydrogens is 470 g/mol. The lowest BCUT2D eigenvalue weighted by atomic mass is 10.0. The highest BCUT2D eigenvalue weighted by Crippen LogP contribution is 2.31. The zero-order chi connectivity index (χ0) is 23.7. The standard InChI is InChI=1S/C25H25N3O4S2/c1-2-19-8-5-6-14-28(19)34(30,31)20-12-10-17(11-13-20)24(29)27-25-26-21(16-33-25)23-15-18-7-3-4-9-22(18)32-23/h3-4,7,9-13,15-16,19H,2,5-6,8,14H2,1H3,(H,26,27,29)/t19-/m1/s1. The van der Waals surface area contributed by atoms with E-state index in [2.05, 4.69) is 10.3 Å². The number of para-hydroxylation sites is 1. The third kappa shape index (κ3) is 4.38. The van der Waals surface area contributed by atoms with Crippen LogP contribution in [0.2, 0.25) is 0 Å². The summed E-state index contributed by atoms with van der Waals surface area (Å²) in [5.41, 5.74) is 1.79. The summed E-state index contributed by atoms with van der Waals surface area (Å²) in [5, 5.41) is 6.04. The Balaban J connectivity index is 1.29. The molecule has 1 saturated heterocycles. The lowest BCUT2D eigenvalue weighted by Crippen LogP contribution is -2.43. The minimum atomic E-state index is -3.58. The molecule has 0 saturated carbocycles. The molecule has 2 aromatic heterocycles. The second kappa shape index (κ2) is 9.32. The number of hydrogen-bond donors (Lipinski definition) is 1. The maximum Gasteiger partial charge on any atom is 0.257 e. The van der Waals surface area contributed by atoms with Gasteiger partial charge in [-0.1, -0.05) is 31.5 Å². The van der Waals surface area contributed by atoms with Crippen LogP contribution in [0.1, 0.15) is 43.0 Å². The van der Waals surface area contributed by atoms with Gasteiger partial charge >= 0.3 is 0 Å². The summed E-state index contributed by atoms with van der Waals surface area (Å²) in [7, 11) is -3.58. The predicted molar refractivity (Wildman–Crippen MR) is 134 cm³/mol. The number of sulfonamides is 1. The monoisotopic (exact) mass is 495 g/mol. The largest absolute Gasteiger partial charge is 0.454 e. The summed E-state index contributed by atoms with van der Waals surface area (Å²) in [4.78, 5) is 17.4. The van der Waals surface area contributed by atoms with Crippen LogP contribution in [0.15, 0.2) is 69.3 Å². The Morgan fingerprint density at radius 2 is 1.97 bits per heavy atom. The molecule has 34 heavy (non-hydrogen) atoms. The summed E-state index contributed by atoms with van der Waals surface area (Å²) in [5.74, 6) is 0.287. The van der Waals surface area contributed by atoms with E-state index in [0.29, 0.717) is 28.7 Å². The number of furan rings is 1. The zero-order valence-electron chi connectivity index (χ0n) is 18.7. The van der Waals surface area contributed by atoms with E-state index in [0.717, 1.165) is 36.7 Å². The molecule has 1 aliphatic heterocycles. The number of rotatable bonds is 6. The van der Waals surface area contributed by atoms with Crippen molar-refractivity contribution in [2.24, 2.45) is 0 Å². The minimum absolute atomic E-state index is 0.0348. The van der Waals surface area contributed by atoms with E-state index >= 15 is 0 Å². The molecule has 7 nitrogen and oxygen atoms in total. The average molecular weight is 496 g/mol. The number of amides is 1. The van der Waals surface area contributed by atoms with Gasteiger partial charge < -0.3 is 4.42 Å². The third-order valence-electron chi connectivity index (χ3n) is 6.17. The SMILES string of the molecule is CC[C@@H]1CCCCN1S(=O)(=O)c1ccc(C(=O)Nc2nc(-c3cc4ccccc4o3)cs2)cc1. The van der Waals surface area contributed by atoms with Crippen LogP contribution in [0.3, 0.4) is 0 Å². The van der Waals surface area contributed by atoms with Gasteiger partial charge in [0.15, 0.2) is 10.9 Å². The molecule has 5 rings (SSSR count). The first-order chi connectivity index (χ1) is 16.5. The molecule has 1 N–H and O–H groups in total. The van der Waals surface area contributed by atoms with Crippen molar-refractivity contribution in [2.45, 2.75) is 43.5 Å². The topological polar surface area (TPSA) is 92.5 Å². The van der Waals surface area contributed by atoms with Gasteiger partial charge in [-0.2, -0.15) is 4.31 Å². The quantitative estimate of drug-likeness (QED) is 0.367. The third-order valence-corrected chi connectivity index (χ3v) is 8.89. The number of aromatic nitrogens is 1. The molecule has 9 heteroatoms. The van der Waals surface area contributed by atoms with Crippen LogP contribution >= 0.6 is 11.3 Å². The van der Waals surface area contributed by atoms with Crippen molar-refractivity contribution in [2.75, 3.05) is 11.9 Å². The molecule has 4 aromatic rings. The number of nitrogens with one attached hydrogen (secondary N) is 1. The number of piperidine rings is 1. The molecule has 1 aliphatic rings. The lowest BCUT2D eigenvalue weighted by molar-refractivity contribution is 0.102. The highest BCUT2D eigenvalue weighted by atomic mass is 32.2. The van der Waals surface area contributed by atoms with Crippen LogP contribution < -0.4 is 5.32 Å². The molecular formula is C25H25N3O4S2. The second-order valence-electron chi connectivity index (χ2n) is 8.34. The van der Waals surface area contributed by atoms with E-state index in [1.165, 1.54) is 23.5 Å². The Kier molecular flexibility index (Phi) is 6.24. The van der Waals surface area contributed by atoms with Gasteiger partial charge in [-0.05, 0) is 55.7 Å². The van der Waals surface area contributed by atoms with Crippen molar-refractivity contribution in [3.63, 3.8) is 0 Å². The van der Waals surface area contributed by atoms with Crippen LogP contribution in [0, 0.1) is 0 Å². The number of benzene rings is 2. The Bertz CT molecular complexity index is 1390. The highest BCUT2D eigenvalue weighted by Gasteiger charge is 2.32. The van der Waals surface area contributed by atoms with Gasteiger partial charge in [-0.3, -0.25) is 10.1 Å².